The van der Waals surface area contributed by atoms with E-state index in [0.29, 0.717) is 6.54 Å². The van der Waals surface area contributed by atoms with Crippen LogP contribution in [-0.2, 0) is 11.3 Å². The zero-order valence-electron chi connectivity index (χ0n) is 12.9. The molecule has 1 saturated heterocycles. The number of imidazole rings is 1. The van der Waals surface area contributed by atoms with Crippen LogP contribution in [0.25, 0.3) is 5.69 Å². The van der Waals surface area contributed by atoms with Crippen LogP contribution in [-0.4, -0.2) is 40.5 Å². The molecule has 1 aliphatic heterocycles. The van der Waals surface area contributed by atoms with E-state index in [1.807, 2.05) is 35.0 Å². The van der Waals surface area contributed by atoms with Crippen molar-refractivity contribution >= 4 is 5.91 Å². The third-order valence-electron chi connectivity index (χ3n) is 4.22. The van der Waals surface area contributed by atoms with Crippen molar-refractivity contribution in [1.29, 1.82) is 0 Å². The topological polar surface area (TPSA) is 50.2 Å². The number of carbonyl (C=O) groups excluding carboxylic acids is 1. The predicted octanol–water partition coefficient (Wildman–Crippen LogP) is 1.83. The molecular weight excluding hydrogens is 276 g/mol. The lowest BCUT2D eigenvalue weighted by molar-refractivity contribution is -0.126. The second-order valence-electron chi connectivity index (χ2n) is 5.92. The molecule has 5 nitrogen and oxygen atoms in total. The quantitative estimate of drug-likeness (QED) is 0.937. The van der Waals surface area contributed by atoms with Gasteiger partial charge in [0.15, 0.2) is 0 Å². The van der Waals surface area contributed by atoms with E-state index in [9.17, 15) is 4.79 Å². The smallest absolute Gasteiger partial charge is 0.224 e. The zero-order valence-corrected chi connectivity index (χ0v) is 12.9. The maximum Gasteiger partial charge on any atom is 0.224 e. The van der Waals surface area contributed by atoms with Crippen molar-refractivity contribution in [3.63, 3.8) is 0 Å². The van der Waals surface area contributed by atoms with Gasteiger partial charge in [-0.05, 0) is 38.1 Å². The van der Waals surface area contributed by atoms with Crippen LogP contribution in [0.3, 0.4) is 0 Å². The van der Waals surface area contributed by atoms with Gasteiger partial charge in [-0.2, -0.15) is 0 Å². The van der Waals surface area contributed by atoms with Crippen LogP contribution in [0.2, 0.25) is 0 Å². The summed E-state index contributed by atoms with van der Waals surface area (Å²) < 4.78 is 1.97. The number of amides is 1. The van der Waals surface area contributed by atoms with Gasteiger partial charge < -0.3 is 14.8 Å². The molecule has 0 bridgehead atoms. The Balaban J connectivity index is 1.65. The lowest BCUT2D eigenvalue weighted by atomic mass is 9.97. The number of hydrogen-bond donors (Lipinski definition) is 1. The van der Waals surface area contributed by atoms with Gasteiger partial charge in [-0.1, -0.05) is 18.2 Å². The Kier molecular flexibility index (Phi) is 4.53. The maximum absolute atomic E-state index is 12.4. The lowest BCUT2D eigenvalue weighted by Gasteiger charge is -2.28. The normalized spacial score (nSPS) is 19.0. The Hall–Kier alpha value is -2.14. The highest BCUT2D eigenvalue weighted by atomic mass is 16.1. The molecule has 116 valence electrons. The molecule has 1 atom stereocenters. The van der Waals surface area contributed by atoms with Crippen molar-refractivity contribution in [2.75, 3.05) is 20.1 Å². The minimum absolute atomic E-state index is 0.110. The molecule has 2 heterocycles. The zero-order chi connectivity index (χ0) is 15.4. The molecule has 0 saturated carbocycles. The van der Waals surface area contributed by atoms with Gasteiger partial charge in [-0.25, -0.2) is 4.98 Å². The molecular formula is C17H22N4O. The highest BCUT2D eigenvalue weighted by molar-refractivity contribution is 5.79. The van der Waals surface area contributed by atoms with Gasteiger partial charge in [0.2, 0.25) is 5.91 Å². The Labute approximate surface area is 131 Å². The van der Waals surface area contributed by atoms with Crippen LogP contribution >= 0.6 is 0 Å². The molecule has 22 heavy (non-hydrogen) atoms. The van der Waals surface area contributed by atoms with Gasteiger partial charge in [0.1, 0.15) is 0 Å². The van der Waals surface area contributed by atoms with E-state index in [0.717, 1.165) is 37.2 Å². The molecule has 5 heteroatoms. The van der Waals surface area contributed by atoms with Gasteiger partial charge >= 0.3 is 0 Å². The minimum Gasteiger partial charge on any atom is -0.352 e. The molecule has 1 aliphatic rings. The van der Waals surface area contributed by atoms with Crippen molar-refractivity contribution in [3.05, 3.63) is 48.5 Å². The number of para-hydroxylation sites is 1. The third kappa shape index (κ3) is 3.36. The van der Waals surface area contributed by atoms with E-state index in [-0.39, 0.29) is 11.8 Å². The molecule has 1 aromatic heterocycles. The van der Waals surface area contributed by atoms with Crippen molar-refractivity contribution < 1.29 is 4.79 Å². The monoisotopic (exact) mass is 298 g/mol. The first-order valence-electron chi connectivity index (χ1n) is 7.76. The summed E-state index contributed by atoms with van der Waals surface area (Å²) in [6.07, 6.45) is 7.53. The fourth-order valence-electron chi connectivity index (χ4n) is 3.02. The van der Waals surface area contributed by atoms with Gasteiger partial charge in [-0.3, -0.25) is 4.79 Å². The van der Waals surface area contributed by atoms with Gasteiger partial charge in [0.05, 0.1) is 17.9 Å². The standard InChI is InChI=1S/C17H22N4O/c1-20-9-4-6-15(12-20)17(22)19-11-14-5-2-3-7-16(14)21-10-8-18-13-21/h2-3,5,7-8,10,13,15H,4,6,9,11-12H2,1H3,(H,19,22). The second-order valence-corrected chi connectivity index (χ2v) is 5.92. The number of piperidine rings is 1. The molecule has 1 aromatic carbocycles. The molecule has 0 radical (unpaired) electrons. The van der Waals surface area contributed by atoms with E-state index in [1.54, 1.807) is 12.5 Å². The number of nitrogens with zero attached hydrogens (tertiary/aromatic N) is 3. The van der Waals surface area contributed by atoms with Gasteiger partial charge in [-0.15, -0.1) is 0 Å². The number of carbonyl (C=O) groups is 1. The Morgan fingerprint density at radius 2 is 2.27 bits per heavy atom. The van der Waals surface area contributed by atoms with Crippen molar-refractivity contribution in [1.82, 2.24) is 19.8 Å². The molecule has 0 spiro atoms. The first-order chi connectivity index (χ1) is 10.7. The van der Waals surface area contributed by atoms with Crippen LogP contribution in [0.4, 0.5) is 0 Å². The minimum atomic E-state index is 0.110. The molecule has 2 aromatic rings. The van der Waals surface area contributed by atoms with E-state index >= 15 is 0 Å². The number of aromatic nitrogens is 2. The summed E-state index contributed by atoms with van der Waals surface area (Å²) in [4.78, 5) is 18.7. The van der Waals surface area contributed by atoms with Crippen molar-refractivity contribution in [2.24, 2.45) is 5.92 Å². The van der Waals surface area contributed by atoms with Crippen LogP contribution in [0, 0.1) is 5.92 Å². The molecule has 1 amide bonds. The second kappa shape index (κ2) is 6.75. The summed E-state index contributed by atoms with van der Waals surface area (Å²) in [6.45, 7) is 2.50. The number of likely N-dealkylation sites (tertiary alicyclic amines) is 1. The van der Waals surface area contributed by atoms with Crippen LogP contribution in [0.15, 0.2) is 43.0 Å². The number of rotatable bonds is 4. The summed E-state index contributed by atoms with van der Waals surface area (Å²) in [5.74, 6) is 0.270. The average molecular weight is 298 g/mol. The van der Waals surface area contributed by atoms with E-state index in [2.05, 4.69) is 22.2 Å². The van der Waals surface area contributed by atoms with E-state index in [4.69, 9.17) is 0 Å². The molecule has 3 rings (SSSR count). The molecule has 0 aliphatic carbocycles. The molecule has 1 fully saturated rings. The maximum atomic E-state index is 12.4. The fourth-order valence-corrected chi connectivity index (χ4v) is 3.02. The van der Waals surface area contributed by atoms with E-state index < -0.39 is 0 Å². The van der Waals surface area contributed by atoms with Crippen LogP contribution in [0.5, 0.6) is 0 Å². The Bertz CT molecular complexity index is 623. The summed E-state index contributed by atoms with van der Waals surface area (Å²) in [6, 6.07) is 8.08. The predicted molar refractivity (Wildman–Crippen MR) is 85.6 cm³/mol. The van der Waals surface area contributed by atoms with Gasteiger partial charge in [0.25, 0.3) is 0 Å². The SMILES string of the molecule is CN1CCCC(C(=O)NCc2ccccc2-n2ccnc2)C1. The van der Waals surface area contributed by atoms with Crippen molar-refractivity contribution in [3.8, 4) is 5.69 Å². The van der Waals surface area contributed by atoms with Crippen LogP contribution < -0.4 is 5.32 Å². The highest BCUT2D eigenvalue weighted by Crippen LogP contribution is 2.17. The summed E-state index contributed by atoms with van der Waals surface area (Å²) in [7, 11) is 2.08. The fraction of sp³-hybridized carbons (Fsp3) is 0.412. The first-order valence-corrected chi connectivity index (χ1v) is 7.76. The van der Waals surface area contributed by atoms with E-state index in [1.165, 1.54) is 0 Å². The average Bonchev–Trinajstić information content (AvgIpc) is 3.07. The Morgan fingerprint density at radius 3 is 3.05 bits per heavy atom. The third-order valence-corrected chi connectivity index (χ3v) is 4.22. The Morgan fingerprint density at radius 1 is 1.41 bits per heavy atom. The van der Waals surface area contributed by atoms with Crippen molar-refractivity contribution in [2.45, 2.75) is 19.4 Å². The number of nitrogens with one attached hydrogen (secondary N) is 1. The highest BCUT2D eigenvalue weighted by Gasteiger charge is 2.23. The summed E-state index contributed by atoms with van der Waals surface area (Å²) in [5, 5.41) is 3.09. The van der Waals surface area contributed by atoms with Crippen LogP contribution in [0.1, 0.15) is 18.4 Å². The molecule has 1 unspecified atom stereocenters. The molecule has 1 N–H and O–H groups in total. The van der Waals surface area contributed by atoms with Gasteiger partial charge in [0, 0.05) is 25.5 Å². The first kappa shape index (κ1) is 14.8. The number of hydrogen-bond acceptors (Lipinski definition) is 3. The largest absolute Gasteiger partial charge is 0.352 e. The number of benzene rings is 1. The summed E-state index contributed by atoms with van der Waals surface area (Å²) in [5.41, 5.74) is 2.15. The lowest BCUT2D eigenvalue weighted by Crippen LogP contribution is -2.41. The summed E-state index contributed by atoms with van der Waals surface area (Å²) >= 11 is 0.